The summed E-state index contributed by atoms with van der Waals surface area (Å²) >= 11 is 0. The van der Waals surface area contributed by atoms with Crippen LogP contribution in [0.15, 0.2) is 48.5 Å². The molecule has 0 unspecified atom stereocenters. The number of hydrogen-bond acceptors (Lipinski definition) is 5. The summed E-state index contributed by atoms with van der Waals surface area (Å²) in [7, 11) is 1.63. The first-order valence-electron chi connectivity index (χ1n) is 10.0. The third-order valence-corrected chi connectivity index (χ3v) is 5.59. The van der Waals surface area contributed by atoms with Gasteiger partial charge in [-0.3, -0.25) is 14.7 Å². The highest BCUT2D eigenvalue weighted by Crippen LogP contribution is 2.23. The van der Waals surface area contributed by atoms with Crippen LogP contribution in [0.3, 0.4) is 0 Å². The van der Waals surface area contributed by atoms with Gasteiger partial charge in [-0.1, -0.05) is 12.1 Å². The Hall–Kier alpha value is -3.43. The molecule has 0 saturated carbocycles. The van der Waals surface area contributed by atoms with Crippen LogP contribution in [0.4, 0.5) is 0 Å². The van der Waals surface area contributed by atoms with Crippen LogP contribution in [-0.2, 0) is 6.54 Å². The number of nitriles is 1. The molecule has 0 spiro atoms. The normalized spacial score (nSPS) is 14.5. The van der Waals surface area contributed by atoms with E-state index in [0.717, 1.165) is 42.0 Å². The molecule has 2 heterocycles. The fourth-order valence-corrected chi connectivity index (χ4v) is 3.81. The second-order valence-electron chi connectivity index (χ2n) is 7.56. The lowest BCUT2D eigenvalue weighted by atomic mass is 10.1. The Labute approximate surface area is 176 Å². The van der Waals surface area contributed by atoms with Gasteiger partial charge in [-0.2, -0.15) is 5.26 Å². The fraction of sp³-hybridized carbons (Fsp3) is 0.292. The van der Waals surface area contributed by atoms with E-state index in [2.05, 4.69) is 16.0 Å². The van der Waals surface area contributed by atoms with Crippen LogP contribution >= 0.6 is 0 Å². The van der Waals surface area contributed by atoms with E-state index in [-0.39, 0.29) is 5.91 Å². The van der Waals surface area contributed by atoms with Crippen LogP contribution in [0.1, 0.15) is 27.2 Å². The van der Waals surface area contributed by atoms with Gasteiger partial charge in [0.25, 0.3) is 5.91 Å². The van der Waals surface area contributed by atoms with E-state index in [4.69, 9.17) is 10.00 Å². The molecule has 1 saturated heterocycles. The molecule has 0 N–H and O–H groups in total. The molecule has 1 fully saturated rings. The Morgan fingerprint density at radius 1 is 1.10 bits per heavy atom. The van der Waals surface area contributed by atoms with Crippen molar-refractivity contribution in [3.05, 3.63) is 70.9 Å². The maximum absolute atomic E-state index is 13.1. The molecule has 1 amide bonds. The largest absolute Gasteiger partial charge is 0.497 e. The van der Waals surface area contributed by atoms with Crippen molar-refractivity contribution in [2.24, 2.45) is 0 Å². The van der Waals surface area contributed by atoms with E-state index < -0.39 is 0 Å². The molecule has 1 aromatic heterocycles. The Bertz CT molecular complexity index is 1110. The van der Waals surface area contributed by atoms with E-state index in [1.807, 2.05) is 60.4 Å². The van der Waals surface area contributed by atoms with Crippen molar-refractivity contribution in [3.8, 4) is 11.8 Å². The molecule has 1 aliphatic rings. The first-order chi connectivity index (χ1) is 14.6. The van der Waals surface area contributed by atoms with Gasteiger partial charge in [-0.15, -0.1) is 0 Å². The van der Waals surface area contributed by atoms with E-state index in [1.54, 1.807) is 7.11 Å². The fourth-order valence-electron chi connectivity index (χ4n) is 3.81. The Morgan fingerprint density at radius 3 is 2.50 bits per heavy atom. The van der Waals surface area contributed by atoms with Crippen LogP contribution in [0.2, 0.25) is 0 Å². The molecule has 152 valence electrons. The van der Waals surface area contributed by atoms with Gasteiger partial charge < -0.3 is 9.64 Å². The molecular formula is C24H24N4O2. The topological polar surface area (TPSA) is 69.5 Å². The van der Waals surface area contributed by atoms with Gasteiger partial charge in [-0.05, 0) is 42.8 Å². The quantitative estimate of drug-likeness (QED) is 0.672. The van der Waals surface area contributed by atoms with Crippen molar-refractivity contribution in [3.63, 3.8) is 0 Å². The molecule has 3 aromatic rings. The van der Waals surface area contributed by atoms with E-state index >= 15 is 0 Å². The molecule has 6 nitrogen and oxygen atoms in total. The van der Waals surface area contributed by atoms with Crippen molar-refractivity contribution in [1.29, 1.82) is 5.26 Å². The number of methoxy groups -OCH3 is 1. The highest BCUT2D eigenvalue weighted by Gasteiger charge is 2.24. The summed E-state index contributed by atoms with van der Waals surface area (Å²) in [6.07, 6.45) is 0. The highest BCUT2D eigenvalue weighted by molar-refractivity contribution is 5.98. The highest BCUT2D eigenvalue weighted by atomic mass is 16.5. The van der Waals surface area contributed by atoms with Crippen molar-refractivity contribution in [2.75, 3.05) is 33.3 Å². The number of amides is 1. The van der Waals surface area contributed by atoms with Gasteiger partial charge in [0, 0.05) is 44.2 Å². The number of nitrogens with zero attached hydrogens (tertiary/aromatic N) is 4. The predicted molar refractivity (Wildman–Crippen MR) is 115 cm³/mol. The second kappa shape index (κ2) is 8.52. The zero-order chi connectivity index (χ0) is 21.1. The number of aryl methyl sites for hydroxylation is 1. The number of carbonyl (C=O) groups excluding carboxylic acids is 1. The predicted octanol–water partition coefficient (Wildman–Crippen LogP) is 3.38. The molecule has 30 heavy (non-hydrogen) atoms. The summed E-state index contributed by atoms with van der Waals surface area (Å²) in [5.74, 6) is 0.794. The van der Waals surface area contributed by atoms with Gasteiger partial charge in [0.2, 0.25) is 0 Å². The van der Waals surface area contributed by atoms with E-state index in [0.29, 0.717) is 24.2 Å². The first kappa shape index (κ1) is 19.9. The lowest BCUT2D eigenvalue weighted by Gasteiger charge is -2.35. The molecule has 4 rings (SSSR count). The van der Waals surface area contributed by atoms with Crippen LogP contribution in [0.25, 0.3) is 10.9 Å². The van der Waals surface area contributed by atoms with Gasteiger partial charge in [-0.25, -0.2) is 0 Å². The zero-order valence-corrected chi connectivity index (χ0v) is 17.3. The summed E-state index contributed by atoms with van der Waals surface area (Å²) in [6, 6.07) is 17.5. The number of benzene rings is 2. The average Bonchev–Trinajstić information content (AvgIpc) is 2.78. The first-order valence-corrected chi connectivity index (χ1v) is 10.0. The molecule has 0 radical (unpaired) electrons. The van der Waals surface area contributed by atoms with Crippen molar-refractivity contribution in [2.45, 2.75) is 13.5 Å². The Kier molecular flexibility index (Phi) is 5.64. The van der Waals surface area contributed by atoms with Gasteiger partial charge in [0.1, 0.15) is 5.75 Å². The third kappa shape index (κ3) is 4.12. The summed E-state index contributed by atoms with van der Waals surface area (Å²) < 4.78 is 5.27. The average molecular weight is 400 g/mol. The standard InChI is InChI=1S/C24H24N4O2/c1-17-22(13-20-7-8-21(30-2)14-23(20)26-17)24(29)28-11-9-27(10-12-28)16-19-5-3-18(15-25)4-6-19/h3-8,13-14H,9-12,16H2,1-2H3. The summed E-state index contributed by atoms with van der Waals surface area (Å²) in [5, 5.41) is 9.85. The van der Waals surface area contributed by atoms with Crippen LogP contribution in [-0.4, -0.2) is 54.0 Å². The maximum atomic E-state index is 13.1. The lowest BCUT2D eigenvalue weighted by molar-refractivity contribution is 0.0627. The monoisotopic (exact) mass is 400 g/mol. The molecular weight excluding hydrogens is 376 g/mol. The lowest BCUT2D eigenvalue weighted by Crippen LogP contribution is -2.48. The number of carbonyl (C=O) groups is 1. The number of fused-ring (bicyclic) bond motifs is 1. The van der Waals surface area contributed by atoms with Crippen molar-refractivity contribution >= 4 is 16.8 Å². The van der Waals surface area contributed by atoms with Crippen LogP contribution < -0.4 is 4.74 Å². The summed E-state index contributed by atoms with van der Waals surface area (Å²) in [5.41, 5.74) is 4.08. The minimum absolute atomic E-state index is 0.0377. The van der Waals surface area contributed by atoms with Gasteiger partial charge in [0.15, 0.2) is 0 Å². The second-order valence-corrected chi connectivity index (χ2v) is 7.56. The van der Waals surface area contributed by atoms with Gasteiger partial charge in [0.05, 0.1) is 35.5 Å². The number of aromatic nitrogens is 1. The number of piperazine rings is 1. The number of hydrogen-bond donors (Lipinski definition) is 0. The molecule has 6 heteroatoms. The molecule has 2 aromatic carbocycles. The van der Waals surface area contributed by atoms with E-state index in [9.17, 15) is 4.79 Å². The summed E-state index contributed by atoms with van der Waals surface area (Å²) in [6.45, 7) is 5.73. The maximum Gasteiger partial charge on any atom is 0.255 e. The number of ether oxygens (including phenoxy) is 1. The Morgan fingerprint density at radius 2 is 1.83 bits per heavy atom. The SMILES string of the molecule is COc1ccc2cc(C(=O)N3CCN(Cc4ccc(C#N)cc4)CC3)c(C)nc2c1. The molecule has 1 aliphatic heterocycles. The van der Waals surface area contributed by atoms with Crippen molar-refractivity contribution in [1.82, 2.24) is 14.8 Å². The van der Waals surface area contributed by atoms with Crippen molar-refractivity contribution < 1.29 is 9.53 Å². The minimum Gasteiger partial charge on any atom is -0.497 e. The number of rotatable bonds is 4. The molecule has 0 atom stereocenters. The van der Waals surface area contributed by atoms with E-state index in [1.165, 1.54) is 5.56 Å². The van der Waals surface area contributed by atoms with Gasteiger partial charge >= 0.3 is 0 Å². The third-order valence-electron chi connectivity index (χ3n) is 5.59. The number of pyridine rings is 1. The smallest absolute Gasteiger partial charge is 0.255 e. The minimum atomic E-state index is 0.0377. The Balaban J connectivity index is 1.42. The molecule has 0 bridgehead atoms. The zero-order valence-electron chi connectivity index (χ0n) is 17.3. The van der Waals surface area contributed by atoms with Crippen LogP contribution in [0, 0.1) is 18.3 Å². The van der Waals surface area contributed by atoms with Crippen LogP contribution in [0.5, 0.6) is 5.75 Å². The molecule has 0 aliphatic carbocycles. The summed E-state index contributed by atoms with van der Waals surface area (Å²) in [4.78, 5) is 22.0.